The number of hydrogen-bond donors (Lipinski definition) is 1. The van der Waals surface area contributed by atoms with Crippen molar-refractivity contribution in [3.8, 4) is 0 Å². The highest BCUT2D eigenvalue weighted by Crippen LogP contribution is 2.30. The Hall–Kier alpha value is -3.38. The number of para-hydroxylation sites is 1. The van der Waals surface area contributed by atoms with Gasteiger partial charge in [0.25, 0.3) is 5.91 Å². The van der Waals surface area contributed by atoms with Crippen molar-refractivity contribution in [2.45, 2.75) is 11.4 Å². The van der Waals surface area contributed by atoms with Gasteiger partial charge in [-0.1, -0.05) is 47.7 Å². The van der Waals surface area contributed by atoms with Crippen LogP contribution in [0, 0.1) is 5.82 Å². The van der Waals surface area contributed by atoms with Crippen LogP contribution in [0.4, 0.5) is 9.52 Å². The van der Waals surface area contributed by atoms with Gasteiger partial charge in [-0.2, -0.15) is 4.31 Å². The summed E-state index contributed by atoms with van der Waals surface area (Å²) in [4.78, 5) is 21.7. The van der Waals surface area contributed by atoms with Gasteiger partial charge >= 0.3 is 0 Å². The van der Waals surface area contributed by atoms with Gasteiger partial charge < -0.3 is 10.2 Å². The highest BCUT2D eigenvalue weighted by Gasteiger charge is 2.22. The predicted molar refractivity (Wildman–Crippen MR) is 152 cm³/mol. The number of thiazole rings is 1. The monoisotopic (exact) mass is 567 g/mol. The van der Waals surface area contributed by atoms with Crippen LogP contribution in [0.25, 0.3) is 10.2 Å². The molecule has 0 spiro atoms. The average Bonchev–Trinajstić information content (AvgIpc) is 3.40. The molecule has 0 radical (unpaired) electrons. The van der Waals surface area contributed by atoms with Crippen molar-refractivity contribution < 1.29 is 17.6 Å². The number of carbonyl (C=O) groups is 1. The van der Waals surface area contributed by atoms with Gasteiger partial charge in [-0.15, -0.1) is 0 Å². The Labute approximate surface area is 231 Å². The van der Waals surface area contributed by atoms with Crippen LogP contribution in [0.5, 0.6) is 0 Å². The van der Waals surface area contributed by atoms with E-state index in [0.717, 1.165) is 41.6 Å². The number of aromatic nitrogens is 1. The number of rotatable bonds is 9. The molecule has 0 atom stereocenters. The van der Waals surface area contributed by atoms with E-state index in [0.29, 0.717) is 24.2 Å². The first-order valence-electron chi connectivity index (χ1n) is 12.7. The van der Waals surface area contributed by atoms with Crippen molar-refractivity contribution in [2.24, 2.45) is 0 Å². The van der Waals surface area contributed by atoms with Crippen LogP contribution in [-0.4, -0.2) is 74.8 Å². The summed E-state index contributed by atoms with van der Waals surface area (Å²) < 4.78 is 42.0. The fraction of sp³-hybridized carbons (Fsp3) is 0.286. The largest absolute Gasteiger partial charge is 0.351 e. The van der Waals surface area contributed by atoms with Gasteiger partial charge in [0.05, 0.1) is 9.60 Å². The Morgan fingerprint density at radius 1 is 1.00 bits per heavy atom. The summed E-state index contributed by atoms with van der Waals surface area (Å²) in [7, 11) is -2.13. The summed E-state index contributed by atoms with van der Waals surface area (Å²) in [6, 6.07) is 20.4. The Bertz CT molecular complexity index is 1540. The van der Waals surface area contributed by atoms with Crippen LogP contribution in [-0.2, 0) is 16.6 Å². The van der Waals surface area contributed by atoms with E-state index < -0.39 is 10.0 Å². The molecule has 0 bridgehead atoms. The number of anilines is 1. The molecular formula is C28H30FN5O3S2. The third-order valence-electron chi connectivity index (χ3n) is 6.79. The SMILES string of the molecule is CN(Cc1ccccc1)S(=O)(=O)c1ccc(C(=O)NCCN2CCN(c3nc4c(F)cccc4s3)CC2)cc1. The normalized spacial score (nSPS) is 14.7. The minimum Gasteiger partial charge on any atom is -0.351 e. The fourth-order valence-corrected chi connectivity index (χ4v) is 6.71. The average molecular weight is 568 g/mol. The molecule has 1 aliphatic rings. The van der Waals surface area contributed by atoms with Crippen molar-refractivity contribution in [2.75, 3.05) is 51.2 Å². The first kappa shape index (κ1) is 27.2. The molecule has 1 N–H and O–H groups in total. The van der Waals surface area contributed by atoms with Gasteiger partial charge in [0.2, 0.25) is 10.0 Å². The summed E-state index contributed by atoms with van der Waals surface area (Å²) in [5, 5.41) is 3.75. The summed E-state index contributed by atoms with van der Waals surface area (Å²) >= 11 is 1.50. The maximum atomic E-state index is 14.0. The Kier molecular flexibility index (Phi) is 8.22. The molecule has 1 aliphatic heterocycles. The van der Waals surface area contributed by atoms with Crippen molar-refractivity contribution in [1.82, 2.24) is 19.5 Å². The zero-order valence-electron chi connectivity index (χ0n) is 21.6. The summed E-state index contributed by atoms with van der Waals surface area (Å²) in [6.45, 7) is 4.64. The highest BCUT2D eigenvalue weighted by molar-refractivity contribution is 7.89. The molecule has 5 rings (SSSR count). The van der Waals surface area contributed by atoms with Gasteiger partial charge in [0, 0.05) is 58.4 Å². The number of amides is 1. The standard InChI is InChI=1S/C28H30FN5O3S2/c1-32(20-21-6-3-2-4-7-21)39(36,37)23-12-10-22(11-13-23)27(35)30-14-15-33-16-18-34(19-17-33)28-31-26-24(29)8-5-9-25(26)38-28/h2-13H,14-20H2,1H3,(H,30,35). The van der Waals surface area contributed by atoms with E-state index in [1.165, 1.54) is 46.0 Å². The van der Waals surface area contributed by atoms with E-state index in [1.54, 1.807) is 13.1 Å². The predicted octanol–water partition coefficient (Wildman–Crippen LogP) is 3.81. The molecule has 39 heavy (non-hydrogen) atoms. The number of sulfonamides is 1. The van der Waals surface area contributed by atoms with Crippen LogP contribution in [0.15, 0.2) is 77.7 Å². The van der Waals surface area contributed by atoms with Crippen LogP contribution in [0.3, 0.4) is 0 Å². The summed E-state index contributed by atoms with van der Waals surface area (Å²) in [5.74, 6) is -0.539. The number of carbonyl (C=O) groups excluding carboxylic acids is 1. The third kappa shape index (κ3) is 6.27. The van der Waals surface area contributed by atoms with Gasteiger partial charge in [0.15, 0.2) is 5.13 Å². The number of piperazine rings is 1. The lowest BCUT2D eigenvalue weighted by atomic mass is 10.2. The molecule has 3 aromatic carbocycles. The molecular weight excluding hydrogens is 537 g/mol. The van der Waals surface area contributed by atoms with E-state index in [9.17, 15) is 17.6 Å². The minimum atomic E-state index is -3.68. The lowest BCUT2D eigenvalue weighted by molar-refractivity contribution is 0.0947. The number of fused-ring (bicyclic) bond motifs is 1. The molecule has 1 saturated heterocycles. The molecule has 1 amide bonds. The number of benzene rings is 3. The van der Waals surface area contributed by atoms with E-state index in [1.807, 2.05) is 36.4 Å². The number of nitrogens with one attached hydrogen (secondary N) is 1. The number of hydrogen-bond acceptors (Lipinski definition) is 7. The van der Waals surface area contributed by atoms with Gasteiger partial charge in [-0.3, -0.25) is 9.69 Å². The molecule has 0 aliphatic carbocycles. The van der Waals surface area contributed by atoms with Crippen LogP contribution in [0.2, 0.25) is 0 Å². The van der Waals surface area contributed by atoms with Gasteiger partial charge in [-0.25, -0.2) is 17.8 Å². The minimum absolute atomic E-state index is 0.145. The molecule has 4 aromatic rings. The first-order valence-corrected chi connectivity index (χ1v) is 15.0. The molecule has 11 heteroatoms. The fourth-order valence-electron chi connectivity index (χ4n) is 4.51. The van der Waals surface area contributed by atoms with Crippen molar-refractivity contribution in [3.63, 3.8) is 0 Å². The smallest absolute Gasteiger partial charge is 0.251 e. The zero-order valence-corrected chi connectivity index (χ0v) is 23.2. The molecule has 2 heterocycles. The quantitative estimate of drug-likeness (QED) is 0.331. The van der Waals surface area contributed by atoms with Crippen LogP contribution in [0.1, 0.15) is 15.9 Å². The number of halogens is 1. The summed E-state index contributed by atoms with van der Waals surface area (Å²) in [6.07, 6.45) is 0. The van der Waals surface area contributed by atoms with Crippen LogP contribution >= 0.6 is 11.3 Å². The molecule has 1 fully saturated rings. The van der Waals surface area contributed by atoms with E-state index in [4.69, 9.17) is 0 Å². The van der Waals surface area contributed by atoms with Crippen LogP contribution < -0.4 is 10.2 Å². The maximum absolute atomic E-state index is 14.0. The molecule has 0 saturated carbocycles. The second-order valence-electron chi connectivity index (χ2n) is 9.44. The topological polar surface area (TPSA) is 85.8 Å². The molecule has 1 aromatic heterocycles. The van der Waals surface area contributed by atoms with Crippen molar-refractivity contribution in [3.05, 3.63) is 89.7 Å². The van der Waals surface area contributed by atoms with E-state index >= 15 is 0 Å². The molecule has 204 valence electrons. The molecule has 8 nitrogen and oxygen atoms in total. The second-order valence-corrected chi connectivity index (χ2v) is 12.5. The maximum Gasteiger partial charge on any atom is 0.251 e. The van der Waals surface area contributed by atoms with Crippen molar-refractivity contribution >= 4 is 42.6 Å². The lowest BCUT2D eigenvalue weighted by Gasteiger charge is -2.34. The first-order chi connectivity index (χ1) is 18.8. The Morgan fingerprint density at radius 3 is 2.41 bits per heavy atom. The Morgan fingerprint density at radius 2 is 1.72 bits per heavy atom. The number of nitrogens with zero attached hydrogens (tertiary/aromatic N) is 4. The van der Waals surface area contributed by atoms with Gasteiger partial charge in [0.1, 0.15) is 11.3 Å². The zero-order chi connectivity index (χ0) is 27.4. The van der Waals surface area contributed by atoms with Gasteiger partial charge in [-0.05, 0) is 42.0 Å². The molecule has 0 unspecified atom stereocenters. The third-order valence-corrected chi connectivity index (χ3v) is 9.69. The second kappa shape index (κ2) is 11.8. The van der Waals surface area contributed by atoms with E-state index in [2.05, 4.69) is 20.1 Å². The Balaban J connectivity index is 1.08. The van der Waals surface area contributed by atoms with Crippen molar-refractivity contribution in [1.29, 1.82) is 0 Å². The summed E-state index contributed by atoms with van der Waals surface area (Å²) in [5.41, 5.74) is 1.73. The van der Waals surface area contributed by atoms with E-state index in [-0.39, 0.29) is 23.2 Å². The highest BCUT2D eigenvalue weighted by atomic mass is 32.2. The lowest BCUT2D eigenvalue weighted by Crippen LogP contribution is -2.48.